The highest BCUT2D eigenvalue weighted by Gasteiger charge is 2.41. The first-order chi connectivity index (χ1) is 19.8. The van der Waals surface area contributed by atoms with Crippen LogP contribution in [-0.2, 0) is 33.5 Å². The molecule has 42 heavy (non-hydrogen) atoms. The van der Waals surface area contributed by atoms with Crippen molar-refractivity contribution in [1.82, 2.24) is 25.3 Å². The smallest absolute Gasteiger partial charge is 0.308 e. The van der Waals surface area contributed by atoms with Gasteiger partial charge in [-0.2, -0.15) is 0 Å². The summed E-state index contributed by atoms with van der Waals surface area (Å²) in [6.45, 7) is 12.9. The minimum absolute atomic E-state index is 0.0566. The van der Waals surface area contributed by atoms with E-state index in [1.54, 1.807) is 6.92 Å². The topological polar surface area (TPSA) is 145 Å². The maximum Gasteiger partial charge on any atom is 0.308 e. The number of fused-ring (bicyclic) bond motifs is 1. The fourth-order valence-electron chi connectivity index (χ4n) is 5.42. The summed E-state index contributed by atoms with van der Waals surface area (Å²) in [6.07, 6.45) is 2.52. The second-order valence-electron chi connectivity index (χ2n) is 11.7. The van der Waals surface area contributed by atoms with Crippen molar-refractivity contribution in [1.29, 1.82) is 0 Å². The average molecular weight is 592 g/mol. The van der Waals surface area contributed by atoms with Gasteiger partial charge >= 0.3 is 5.97 Å². The van der Waals surface area contributed by atoms with Crippen molar-refractivity contribution >= 4 is 35.5 Å². The Balaban J connectivity index is 2.56. The van der Waals surface area contributed by atoms with Crippen molar-refractivity contribution < 1.29 is 33.5 Å². The molecule has 0 bridgehead atoms. The fourth-order valence-corrected chi connectivity index (χ4v) is 5.42. The molecular weight excluding hydrogens is 542 g/mol. The Labute approximate surface area is 249 Å². The van der Waals surface area contributed by atoms with Crippen LogP contribution in [0, 0.1) is 11.8 Å². The summed E-state index contributed by atoms with van der Waals surface area (Å²) in [5, 5.41) is 5.54. The van der Waals surface area contributed by atoms with Crippen molar-refractivity contribution in [2.45, 2.75) is 103 Å². The Kier molecular flexibility index (Phi) is 13.0. The Morgan fingerprint density at radius 1 is 0.976 bits per heavy atom. The Morgan fingerprint density at radius 2 is 1.64 bits per heavy atom. The molecule has 0 radical (unpaired) electrons. The molecule has 6 atom stereocenters. The van der Waals surface area contributed by atoms with Gasteiger partial charge in [0.25, 0.3) is 5.91 Å². The molecule has 0 aromatic heterocycles. The van der Waals surface area contributed by atoms with E-state index in [-0.39, 0.29) is 31.2 Å². The monoisotopic (exact) mass is 591 g/mol. The Morgan fingerprint density at radius 3 is 2.24 bits per heavy atom. The lowest BCUT2D eigenvalue weighted by Gasteiger charge is -2.39. The van der Waals surface area contributed by atoms with Gasteiger partial charge in [0.2, 0.25) is 23.6 Å². The van der Waals surface area contributed by atoms with Crippen LogP contribution in [0.5, 0.6) is 0 Å². The molecule has 236 valence electrons. The van der Waals surface area contributed by atoms with E-state index in [2.05, 4.69) is 17.2 Å². The molecule has 12 nitrogen and oxygen atoms in total. The normalized spacial score (nSPS) is 28.7. The van der Waals surface area contributed by atoms with Crippen LogP contribution >= 0.6 is 0 Å². The summed E-state index contributed by atoms with van der Waals surface area (Å²) < 4.78 is 5.49. The summed E-state index contributed by atoms with van der Waals surface area (Å²) >= 11 is 0. The molecule has 0 aromatic rings. The summed E-state index contributed by atoms with van der Waals surface area (Å²) in [5.41, 5.74) is 0. The Hall–Kier alpha value is -3.44. The van der Waals surface area contributed by atoms with Gasteiger partial charge in [0.15, 0.2) is 6.10 Å². The minimum Gasteiger partial charge on any atom is -0.452 e. The molecule has 0 spiro atoms. The zero-order valence-corrected chi connectivity index (χ0v) is 26.2. The van der Waals surface area contributed by atoms with Crippen LogP contribution in [0.15, 0.2) is 12.7 Å². The highest BCUT2D eigenvalue weighted by Crippen LogP contribution is 2.23. The molecule has 2 aliphatic rings. The lowest BCUT2D eigenvalue weighted by Crippen LogP contribution is -2.61. The Bertz CT molecular complexity index is 1030. The van der Waals surface area contributed by atoms with Crippen LogP contribution in [0.3, 0.4) is 0 Å². The average Bonchev–Trinajstić information content (AvgIpc) is 2.96. The zero-order chi connectivity index (χ0) is 31.7. The van der Waals surface area contributed by atoms with Crippen molar-refractivity contribution in [3.63, 3.8) is 0 Å². The lowest BCUT2D eigenvalue weighted by atomic mass is 9.93. The molecular formula is C30H49N5O7. The summed E-state index contributed by atoms with van der Waals surface area (Å²) in [7, 11) is 3.03. The molecule has 2 N–H and O–H groups in total. The van der Waals surface area contributed by atoms with Gasteiger partial charge < -0.3 is 30.1 Å². The number of esters is 1. The quantitative estimate of drug-likeness (QED) is 0.361. The second kappa shape index (κ2) is 15.7. The summed E-state index contributed by atoms with van der Waals surface area (Å²) in [4.78, 5) is 84.5. The van der Waals surface area contributed by atoms with Crippen molar-refractivity contribution in [3.05, 3.63) is 12.7 Å². The maximum absolute atomic E-state index is 14.0. The van der Waals surface area contributed by atoms with Gasteiger partial charge in [-0.15, -0.1) is 6.58 Å². The summed E-state index contributed by atoms with van der Waals surface area (Å²) in [5.74, 6) is -3.56. The third kappa shape index (κ3) is 8.32. The maximum atomic E-state index is 14.0. The predicted octanol–water partition coefficient (Wildman–Crippen LogP) is 1.24. The third-order valence-electron chi connectivity index (χ3n) is 8.38. The van der Waals surface area contributed by atoms with Gasteiger partial charge in [0.05, 0.1) is 6.42 Å². The summed E-state index contributed by atoms with van der Waals surface area (Å²) in [6, 6.07) is -3.59. The van der Waals surface area contributed by atoms with Crippen molar-refractivity contribution in [2.24, 2.45) is 11.8 Å². The van der Waals surface area contributed by atoms with Gasteiger partial charge in [-0.05, 0) is 38.0 Å². The van der Waals surface area contributed by atoms with E-state index in [9.17, 15) is 28.8 Å². The number of rotatable bonds is 5. The van der Waals surface area contributed by atoms with Gasteiger partial charge in [-0.3, -0.25) is 28.8 Å². The molecule has 0 aliphatic carbocycles. The molecule has 0 saturated carbocycles. The fraction of sp³-hybridized carbons (Fsp3) is 0.733. The molecule has 2 heterocycles. The first-order valence-corrected chi connectivity index (χ1v) is 15.0. The second-order valence-corrected chi connectivity index (χ2v) is 11.7. The standard InChI is InChI=1S/C30H49N5O7/c1-9-13-22-28(39)35-17-12-11-14-21(35)27(38)32-24(19(5)10-2)29(40)34(8)25(18(3)4)30(41)33(7)20(6)26(37)31-16-15-23(36)42-22/h9,18-22,24-25H,1,10-17H2,2-8H3,(H,31,37)(H,32,38)/t19-,20-,21-,22+,24-,25-/m0/s1. The highest BCUT2D eigenvalue weighted by molar-refractivity contribution is 5.96. The van der Waals surface area contributed by atoms with Gasteiger partial charge in [0, 0.05) is 33.6 Å². The third-order valence-corrected chi connectivity index (χ3v) is 8.38. The van der Waals surface area contributed by atoms with Crippen molar-refractivity contribution in [3.8, 4) is 0 Å². The molecule has 2 rings (SSSR count). The first kappa shape index (κ1) is 34.8. The first-order valence-electron chi connectivity index (χ1n) is 15.0. The van der Waals surface area contributed by atoms with Crippen LogP contribution in [0.4, 0.5) is 0 Å². The molecule has 12 heteroatoms. The van der Waals surface area contributed by atoms with Crippen LogP contribution < -0.4 is 10.6 Å². The predicted molar refractivity (Wildman–Crippen MR) is 157 cm³/mol. The molecule has 2 aliphatic heterocycles. The number of piperidine rings is 1. The molecule has 2 saturated heterocycles. The molecule has 5 amide bonds. The van der Waals surface area contributed by atoms with E-state index < -0.39 is 65.8 Å². The number of carbonyl (C=O) groups excluding carboxylic acids is 6. The van der Waals surface area contributed by atoms with E-state index in [0.29, 0.717) is 32.2 Å². The number of hydrogen-bond donors (Lipinski definition) is 2. The van der Waals surface area contributed by atoms with Crippen molar-refractivity contribution in [2.75, 3.05) is 27.2 Å². The van der Waals surface area contributed by atoms with E-state index in [0.717, 1.165) is 0 Å². The van der Waals surface area contributed by atoms with E-state index in [1.165, 1.54) is 34.9 Å². The number of nitrogens with one attached hydrogen (secondary N) is 2. The van der Waals surface area contributed by atoms with Gasteiger partial charge in [0.1, 0.15) is 24.2 Å². The molecule has 0 unspecified atom stereocenters. The largest absolute Gasteiger partial charge is 0.452 e. The SMILES string of the molecule is C=CC[C@H]1OC(=O)CCNC(=O)[C@H](C)N(C)C(=O)[C@H](C(C)C)N(C)C(=O)[C@H]([C@@H](C)CC)NC(=O)[C@@H]2CCCCN2C1=O. The number of nitrogens with zero attached hydrogens (tertiary/aromatic N) is 3. The number of likely N-dealkylation sites (N-methyl/N-ethyl adjacent to an activating group) is 2. The van der Waals surface area contributed by atoms with E-state index in [1.807, 2.05) is 27.7 Å². The number of hydrogen-bond acceptors (Lipinski definition) is 7. The van der Waals surface area contributed by atoms with E-state index >= 15 is 0 Å². The number of cyclic esters (lactones) is 1. The number of ether oxygens (including phenoxy) is 1. The lowest BCUT2D eigenvalue weighted by molar-refractivity contribution is -0.163. The molecule has 2 fully saturated rings. The molecule has 0 aromatic carbocycles. The van der Waals surface area contributed by atoms with Crippen LogP contribution in [0.1, 0.15) is 73.1 Å². The van der Waals surface area contributed by atoms with Gasteiger partial charge in [-0.25, -0.2) is 0 Å². The minimum atomic E-state index is -1.17. The number of carbonyl (C=O) groups is 6. The number of amides is 5. The van der Waals surface area contributed by atoms with Crippen LogP contribution in [0.25, 0.3) is 0 Å². The zero-order valence-electron chi connectivity index (χ0n) is 26.2. The highest BCUT2D eigenvalue weighted by atomic mass is 16.5. The van der Waals surface area contributed by atoms with Crippen LogP contribution in [-0.4, -0.2) is 108 Å². The van der Waals surface area contributed by atoms with E-state index in [4.69, 9.17) is 4.74 Å². The van der Waals surface area contributed by atoms with Crippen LogP contribution in [0.2, 0.25) is 0 Å². The van der Waals surface area contributed by atoms with Gasteiger partial charge in [-0.1, -0.05) is 40.2 Å².